The van der Waals surface area contributed by atoms with Crippen LogP contribution in [0.1, 0.15) is 34.8 Å². The van der Waals surface area contributed by atoms with Crippen molar-refractivity contribution in [2.75, 3.05) is 5.32 Å². The zero-order valence-electron chi connectivity index (χ0n) is 15.3. The largest absolute Gasteiger partial charge is 0.416 e. The summed E-state index contributed by atoms with van der Waals surface area (Å²) in [5, 5.41) is 2.90. The van der Waals surface area contributed by atoms with Gasteiger partial charge in [0.1, 0.15) is 0 Å². The highest BCUT2D eigenvalue weighted by molar-refractivity contribution is 6.04. The molecule has 0 fully saturated rings. The molecule has 0 spiro atoms. The molecular formula is C22H19F3N2O. The first-order chi connectivity index (χ1) is 13.4. The van der Waals surface area contributed by atoms with Gasteiger partial charge in [0.2, 0.25) is 0 Å². The number of amides is 1. The van der Waals surface area contributed by atoms with Crippen LogP contribution < -0.4 is 5.32 Å². The molecule has 1 amide bonds. The molecule has 0 aliphatic carbocycles. The molecule has 0 saturated heterocycles. The lowest BCUT2D eigenvalue weighted by Gasteiger charge is -2.11. The average Bonchev–Trinajstić information content (AvgIpc) is 2.69. The average molecular weight is 384 g/mol. The van der Waals surface area contributed by atoms with Crippen molar-refractivity contribution in [2.24, 2.45) is 0 Å². The fourth-order valence-electron chi connectivity index (χ4n) is 2.88. The predicted molar refractivity (Wildman–Crippen MR) is 103 cm³/mol. The van der Waals surface area contributed by atoms with E-state index in [1.165, 1.54) is 0 Å². The summed E-state index contributed by atoms with van der Waals surface area (Å²) in [7, 11) is 0. The minimum absolute atomic E-state index is 0.204. The third kappa shape index (κ3) is 4.57. The maximum absolute atomic E-state index is 12.9. The van der Waals surface area contributed by atoms with Crippen LogP contribution in [0, 0.1) is 0 Å². The first-order valence-corrected chi connectivity index (χ1v) is 8.91. The number of aromatic nitrogens is 1. The molecule has 1 heterocycles. The summed E-state index contributed by atoms with van der Waals surface area (Å²) in [4.78, 5) is 16.5. The Morgan fingerprint density at radius 3 is 2.43 bits per heavy atom. The lowest BCUT2D eigenvalue weighted by atomic mass is 10.1. The van der Waals surface area contributed by atoms with Crippen LogP contribution in [0.25, 0.3) is 11.3 Å². The number of aryl methyl sites for hydroxylation is 1. The van der Waals surface area contributed by atoms with Gasteiger partial charge in [0.25, 0.3) is 5.91 Å². The number of nitrogens with one attached hydrogen (secondary N) is 1. The molecule has 1 aromatic heterocycles. The van der Waals surface area contributed by atoms with E-state index < -0.39 is 11.7 Å². The minimum atomic E-state index is -4.43. The lowest BCUT2D eigenvalue weighted by molar-refractivity contribution is -0.137. The highest BCUT2D eigenvalue weighted by Gasteiger charge is 2.30. The van der Waals surface area contributed by atoms with Crippen molar-refractivity contribution in [3.05, 3.63) is 83.6 Å². The number of anilines is 1. The van der Waals surface area contributed by atoms with E-state index >= 15 is 0 Å². The number of hydrogen-bond acceptors (Lipinski definition) is 2. The first-order valence-electron chi connectivity index (χ1n) is 8.91. The van der Waals surface area contributed by atoms with Crippen molar-refractivity contribution in [1.29, 1.82) is 0 Å². The topological polar surface area (TPSA) is 42.0 Å². The molecule has 2 aromatic carbocycles. The molecule has 6 heteroatoms. The second-order valence-electron chi connectivity index (χ2n) is 6.37. The number of nitrogens with zero attached hydrogens (tertiary/aromatic N) is 1. The lowest BCUT2D eigenvalue weighted by Crippen LogP contribution is -2.13. The Labute approximate surface area is 161 Å². The van der Waals surface area contributed by atoms with E-state index in [0.717, 1.165) is 42.4 Å². The Morgan fingerprint density at radius 1 is 1.04 bits per heavy atom. The van der Waals surface area contributed by atoms with Gasteiger partial charge in [0.15, 0.2) is 0 Å². The van der Waals surface area contributed by atoms with Crippen molar-refractivity contribution in [3.8, 4) is 11.3 Å². The molecular weight excluding hydrogens is 365 g/mol. The fraction of sp³-hybridized carbons (Fsp3) is 0.182. The number of hydrogen-bond donors (Lipinski definition) is 1. The molecule has 0 atom stereocenters. The normalized spacial score (nSPS) is 11.3. The van der Waals surface area contributed by atoms with E-state index in [2.05, 4.69) is 17.2 Å². The van der Waals surface area contributed by atoms with Gasteiger partial charge in [-0.05, 0) is 42.3 Å². The van der Waals surface area contributed by atoms with Crippen LogP contribution in [0.4, 0.5) is 18.9 Å². The number of para-hydroxylation sites is 1. The van der Waals surface area contributed by atoms with E-state index in [1.54, 1.807) is 24.3 Å². The number of benzene rings is 2. The van der Waals surface area contributed by atoms with Crippen molar-refractivity contribution >= 4 is 11.6 Å². The van der Waals surface area contributed by atoms with Gasteiger partial charge in [-0.3, -0.25) is 9.78 Å². The van der Waals surface area contributed by atoms with E-state index in [1.807, 2.05) is 24.3 Å². The van der Waals surface area contributed by atoms with Crippen LogP contribution in [0.2, 0.25) is 0 Å². The monoisotopic (exact) mass is 384 g/mol. The van der Waals surface area contributed by atoms with Gasteiger partial charge in [-0.25, -0.2) is 0 Å². The predicted octanol–water partition coefficient (Wildman–Crippen LogP) is 5.97. The number of carbonyl (C=O) groups is 1. The second kappa shape index (κ2) is 8.25. The number of carbonyl (C=O) groups excluding carboxylic acids is 1. The van der Waals surface area contributed by atoms with Gasteiger partial charge >= 0.3 is 6.18 Å². The maximum atomic E-state index is 12.9. The second-order valence-corrected chi connectivity index (χ2v) is 6.37. The summed E-state index contributed by atoms with van der Waals surface area (Å²) in [6.07, 6.45) is -1.48. The van der Waals surface area contributed by atoms with Crippen LogP contribution >= 0.6 is 0 Å². The van der Waals surface area contributed by atoms with E-state index in [9.17, 15) is 18.0 Å². The van der Waals surface area contributed by atoms with E-state index in [-0.39, 0.29) is 11.6 Å². The molecule has 28 heavy (non-hydrogen) atoms. The summed E-state index contributed by atoms with van der Waals surface area (Å²) in [6, 6.07) is 15.9. The Kier molecular flexibility index (Phi) is 5.78. The summed E-state index contributed by atoms with van der Waals surface area (Å²) < 4.78 is 38.6. The number of pyridine rings is 1. The Bertz CT molecular complexity index is 966. The summed E-state index contributed by atoms with van der Waals surface area (Å²) in [5.74, 6) is -0.271. The standard InChI is InChI=1S/C22H19F3N2O/c1-2-5-15-6-3-4-7-19(15)27-21(28)17-10-8-16(9-11-17)20-14-18(12-13-26-20)22(23,24)25/h3-4,6-14H,2,5H2,1H3,(H,27,28). The van der Waals surface area contributed by atoms with Crippen molar-refractivity contribution < 1.29 is 18.0 Å². The van der Waals surface area contributed by atoms with Crippen molar-refractivity contribution in [3.63, 3.8) is 0 Å². The van der Waals surface area contributed by atoms with Gasteiger partial charge in [-0.2, -0.15) is 13.2 Å². The summed E-state index contributed by atoms with van der Waals surface area (Å²) in [6.45, 7) is 2.07. The summed E-state index contributed by atoms with van der Waals surface area (Å²) >= 11 is 0. The Morgan fingerprint density at radius 2 is 1.75 bits per heavy atom. The molecule has 0 aliphatic heterocycles. The van der Waals surface area contributed by atoms with Crippen LogP contribution in [-0.2, 0) is 12.6 Å². The third-order valence-electron chi connectivity index (χ3n) is 4.32. The highest BCUT2D eigenvalue weighted by atomic mass is 19.4. The number of rotatable bonds is 5. The van der Waals surface area contributed by atoms with Crippen molar-refractivity contribution in [2.45, 2.75) is 25.9 Å². The van der Waals surface area contributed by atoms with Crippen LogP contribution in [-0.4, -0.2) is 10.9 Å². The highest BCUT2D eigenvalue weighted by Crippen LogP contribution is 2.31. The Balaban J connectivity index is 1.79. The molecule has 3 aromatic rings. The van der Waals surface area contributed by atoms with Crippen LogP contribution in [0.5, 0.6) is 0 Å². The SMILES string of the molecule is CCCc1ccccc1NC(=O)c1ccc(-c2cc(C(F)(F)F)ccn2)cc1. The molecule has 0 saturated carbocycles. The third-order valence-corrected chi connectivity index (χ3v) is 4.32. The molecule has 0 aliphatic rings. The Hall–Kier alpha value is -3.15. The van der Waals surface area contributed by atoms with Gasteiger partial charge in [0, 0.05) is 23.0 Å². The first kappa shape index (κ1) is 19.6. The fourth-order valence-corrected chi connectivity index (χ4v) is 2.88. The zero-order chi connectivity index (χ0) is 20.1. The molecule has 0 bridgehead atoms. The quantitative estimate of drug-likeness (QED) is 0.589. The van der Waals surface area contributed by atoms with Crippen LogP contribution in [0.3, 0.4) is 0 Å². The van der Waals surface area contributed by atoms with Gasteiger partial charge in [-0.15, -0.1) is 0 Å². The molecule has 0 unspecified atom stereocenters. The van der Waals surface area contributed by atoms with Gasteiger partial charge in [0.05, 0.1) is 11.3 Å². The van der Waals surface area contributed by atoms with Crippen LogP contribution in [0.15, 0.2) is 66.9 Å². The van der Waals surface area contributed by atoms with E-state index in [0.29, 0.717) is 11.1 Å². The van der Waals surface area contributed by atoms with Crippen molar-refractivity contribution in [1.82, 2.24) is 4.98 Å². The smallest absolute Gasteiger partial charge is 0.322 e. The molecule has 3 nitrogen and oxygen atoms in total. The number of halogens is 3. The minimum Gasteiger partial charge on any atom is -0.322 e. The molecule has 0 radical (unpaired) electrons. The molecule has 1 N–H and O–H groups in total. The van der Waals surface area contributed by atoms with E-state index in [4.69, 9.17) is 0 Å². The molecule has 3 rings (SSSR count). The number of alkyl halides is 3. The maximum Gasteiger partial charge on any atom is 0.416 e. The zero-order valence-corrected chi connectivity index (χ0v) is 15.3. The summed E-state index contributed by atoms with van der Waals surface area (Å²) in [5.41, 5.74) is 2.19. The van der Waals surface area contributed by atoms with Gasteiger partial charge in [-0.1, -0.05) is 43.7 Å². The van der Waals surface area contributed by atoms with Gasteiger partial charge < -0.3 is 5.32 Å². The molecule has 144 valence electrons.